The van der Waals surface area contributed by atoms with Gasteiger partial charge in [0.1, 0.15) is 23.0 Å². The topological polar surface area (TPSA) is 18.5 Å². The van der Waals surface area contributed by atoms with Crippen LogP contribution in [-0.2, 0) is 7.80 Å². The van der Waals surface area contributed by atoms with Gasteiger partial charge in [0.15, 0.2) is 0 Å². The molecule has 54 valence electrons. The molecule has 0 amide bonds. The molecule has 0 aromatic carbocycles. The van der Waals surface area contributed by atoms with E-state index in [1.807, 2.05) is 23.0 Å². The second-order valence-corrected chi connectivity index (χ2v) is 3.08. The Hall–Kier alpha value is 0.650. The van der Waals surface area contributed by atoms with Gasteiger partial charge in [-0.05, 0) is 6.92 Å². The van der Waals surface area contributed by atoms with Gasteiger partial charge in [-0.3, -0.25) is 0 Å². The Morgan fingerprint density at radius 2 is 2.00 bits per heavy atom. The molecular weight excluding hydrogens is 231 g/mol. The zero-order chi connectivity index (χ0) is 6.74. The molecule has 0 atom stereocenters. The molecule has 2 nitrogen and oxygen atoms in total. The summed E-state index contributed by atoms with van der Waals surface area (Å²) < 4.78 is 10.5. The van der Waals surface area contributed by atoms with Crippen LogP contribution in [0.15, 0.2) is 0 Å². The van der Waals surface area contributed by atoms with Crippen molar-refractivity contribution in [3.63, 3.8) is 0 Å². The minimum atomic E-state index is 0.0822. The SMILES string of the molecule is CC1(OI)CCOCC1. The van der Waals surface area contributed by atoms with Gasteiger partial charge in [0.2, 0.25) is 0 Å². The lowest BCUT2D eigenvalue weighted by molar-refractivity contribution is -0.0116. The van der Waals surface area contributed by atoms with Crippen molar-refractivity contribution in [2.45, 2.75) is 25.4 Å². The van der Waals surface area contributed by atoms with E-state index in [1.54, 1.807) is 0 Å². The molecule has 0 spiro atoms. The predicted octanol–water partition coefficient (Wildman–Crippen LogP) is 1.92. The molecule has 1 heterocycles. The molecule has 1 aliphatic rings. The summed E-state index contributed by atoms with van der Waals surface area (Å²) in [6.45, 7) is 3.82. The average Bonchev–Trinajstić information content (AvgIpc) is 1.90. The fraction of sp³-hybridized carbons (Fsp3) is 1.00. The second-order valence-electron chi connectivity index (χ2n) is 2.64. The molecule has 0 radical (unpaired) electrons. The van der Waals surface area contributed by atoms with Gasteiger partial charge in [0, 0.05) is 26.1 Å². The summed E-state index contributed by atoms with van der Waals surface area (Å²) >= 11 is 1.97. The van der Waals surface area contributed by atoms with E-state index in [-0.39, 0.29) is 5.60 Å². The first-order chi connectivity index (χ1) is 4.27. The van der Waals surface area contributed by atoms with Crippen LogP contribution in [-0.4, -0.2) is 18.8 Å². The van der Waals surface area contributed by atoms with Crippen molar-refractivity contribution in [3.8, 4) is 0 Å². The van der Waals surface area contributed by atoms with E-state index in [4.69, 9.17) is 7.80 Å². The normalized spacial score (nSPS) is 26.0. The van der Waals surface area contributed by atoms with Gasteiger partial charge in [0.25, 0.3) is 0 Å². The highest BCUT2D eigenvalue weighted by molar-refractivity contribution is 14.1. The van der Waals surface area contributed by atoms with Crippen LogP contribution < -0.4 is 0 Å². The number of hydrogen-bond acceptors (Lipinski definition) is 2. The molecule has 0 bridgehead atoms. The van der Waals surface area contributed by atoms with E-state index in [0.29, 0.717) is 0 Å². The molecule has 1 aliphatic heterocycles. The maximum absolute atomic E-state index is 5.27. The zero-order valence-corrected chi connectivity index (χ0v) is 7.68. The second kappa shape index (κ2) is 3.16. The first-order valence-corrected chi connectivity index (χ1v) is 4.02. The Labute approximate surface area is 69.6 Å². The van der Waals surface area contributed by atoms with Crippen molar-refractivity contribution >= 4 is 23.0 Å². The van der Waals surface area contributed by atoms with Crippen LogP contribution in [0.3, 0.4) is 0 Å². The Morgan fingerprint density at radius 3 is 2.33 bits per heavy atom. The Kier molecular flexibility index (Phi) is 2.73. The summed E-state index contributed by atoms with van der Waals surface area (Å²) in [7, 11) is 0. The molecule has 0 aliphatic carbocycles. The molecular formula is C6H11IO2. The summed E-state index contributed by atoms with van der Waals surface area (Å²) in [5.74, 6) is 0. The fourth-order valence-electron chi connectivity index (χ4n) is 0.880. The molecule has 0 aromatic rings. The molecule has 3 heteroatoms. The van der Waals surface area contributed by atoms with E-state index < -0.39 is 0 Å². The first kappa shape index (κ1) is 7.75. The maximum atomic E-state index is 5.27. The lowest BCUT2D eigenvalue weighted by atomic mass is 9.98. The van der Waals surface area contributed by atoms with E-state index >= 15 is 0 Å². The van der Waals surface area contributed by atoms with Gasteiger partial charge in [0.05, 0.1) is 5.60 Å². The van der Waals surface area contributed by atoms with Crippen LogP contribution in [0.1, 0.15) is 19.8 Å². The van der Waals surface area contributed by atoms with Gasteiger partial charge >= 0.3 is 0 Å². The summed E-state index contributed by atoms with van der Waals surface area (Å²) in [6, 6.07) is 0. The monoisotopic (exact) mass is 242 g/mol. The zero-order valence-electron chi connectivity index (χ0n) is 5.52. The molecule has 1 fully saturated rings. The Balaban J connectivity index is 2.37. The van der Waals surface area contributed by atoms with Crippen molar-refractivity contribution < 1.29 is 7.80 Å². The van der Waals surface area contributed by atoms with Crippen LogP contribution in [0.4, 0.5) is 0 Å². The quantitative estimate of drug-likeness (QED) is 0.654. The van der Waals surface area contributed by atoms with E-state index in [1.165, 1.54) is 0 Å². The standard InChI is InChI=1S/C6H11IO2/c1-6(9-7)2-4-8-5-3-6/h2-5H2,1H3. The minimum absolute atomic E-state index is 0.0822. The highest BCUT2D eigenvalue weighted by Gasteiger charge is 2.27. The smallest absolute Gasteiger partial charge is 0.110 e. The molecule has 0 unspecified atom stereocenters. The van der Waals surface area contributed by atoms with Crippen LogP contribution >= 0.6 is 23.0 Å². The van der Waals surface area contributed by atoms with Crippen molar-refractivity contribution in [3.05, 3.63) is 0 Å². The molecule has 9 heavy (non-hydrogen) atoms. The molecule has 1 saturated heterocycles. The van der Waals surface area contributed by atoms with Crippen LogP contribution in [0.25, 0.3) is 0 Å². The first-order valence-electron chi connectivity index (χ1n) is 3.14. The van der Waals surface area contributed by atoms with E-state index in [9.17, 15) is 0 Å². The molecule has 0 saturated carbocycles. The van der Waals surface area contributed by atoms with Crippen LogP contribution in [0, 0.1) is 0 Å². The van der Waals surface area contributed by atoms with Gasteiger partial charge in [-0.2, -0.15) is 0 Å². The van der Waals surface area contributed by atoms with Crippen molar-refractivity contribution in [2.75, 3.05) is 13.2 Å². The van der Waals surface area contributed by atoms with E-state index in [0.717, 1.165) is 26.1 Å². The highest BCUT2D eigenvalue weighted by Crippen LogP contribution is 2.26. The number of rotatable bonds is 1. The van der Waals surface area contributed by atoms with Gasteiger partial charge < -0.3 is 7.80 Å². The van der Waals surface area contributed by atoms with E-state index in [2.05, 4.69) is 6.92 Å². The third-order valence-corrected chi connectivity index (χ3v) is 2.80. The van der Waals surface area contributed by atoms with Crippen molar-refractivity contribution in [1.82, 2.24) is 0 Å². The lowest BCUT2D eigenvalue weighted by Crippen LogP contribution is -2.33. The van der Waals surface area contributed by atoms with Gasteiger partial charge in [-0.15, -0.1) is 0 Å². The third kappa shape index (κ3) is 2.05. The van der Waals surface area contributed by atoms with Crippen molar-refractivity contribution in [1.29, 1.82) is 0 Å². The Morgan fingerprint density at radius 1 is 1.44 bits per heavy atom. The molecule has 1 rings (SSSR count). The third-order valence-electron chi connectivity index (χ3n) is 1.74. The predicted molar refractivity (Wildman–Crippen MR) is 43.6 cm³/mol. The van der Waals surface area contributed by atoms with Crippen LogP contribution in [0.5, 0.6) is 0 Å². The van der Waals surface area contributed by atoms with Crippen LogP contribution in [0.2, 0.25) is 0 Å². The Bertz CT molecular complexity index is 89.1. The number of ether oxygens (including phenoxy) is 1. The summed E-state index contributed by atoms with van der Waals surface area (Å²) in [5.41, 5.74) is 0.0822. The van der Waals surface area contributed by atoms with Gasteiger partial charge in [-0.25, -0.2) is 0 Å². The largest absolute Gasteiger partial charge is 0.381 e. The lowest BCUT2D eigenvalue weighted by Gasteiger charge is -2.30. The fourth-order valence-corrected chi connectivity index (χ4v) is 1.32. The summed E-state index contributed by atoms with van der Waals surface area (Å²) in [5, 5.41) is 0. The van der Waals surface area contributed by atoms with Gasteiger partial charge in [-0.1, -0.05) is 0 Å². The maximum Gasteiger partial charge on any atom is 0.110 e. The number of halogens is 1. The molecule has 0 N–H and O–H groups in total. The number of hydrogen-bond donors (Lipinski definition) is 0. The van der Waals surface area contributed by atoms with Crippen molar-refractivity contribution in [2.24, 2.45) is 0 Å². The molecule has 0 aromatic heterocycles. The average molecular weight is 242 g/mol. The summed E-state index contributed by atoms with van der Waals surface area (Å²) in [6.07, 6.45) is 2.05. The minimum Gasteiger partial charge on any atom is -0.381 e. The summed E-state index contributed by atoms with van der Waals surface area (Å²) in [4.78, 5) is 0. The highest BCUT2D eigenvalue weighted by atomic mass is 127.